The molecule has 0 atom stereocenters. The van der Waals surface area contributed by atoms with Crippen LogP contribution in [0.3, 0.4) is 0 Å². The molecule has 7 nitrogen and oxygen atoms in total. The molecule has 0 saturated heterocycles. The van der Waals surface area contributed by atoms with Crippen molar-refractivity contribution >= 4 is 40.9 Å². The third-order valence-electron chi connectivity index (χ3n) is 4.28. The number of amides is 1. The molecule has 0 radical (unpaired) electrons. The van der Waals surface area contributed by atoms with Gasteiger partial charge in [0.1, 0.15) is 10.8 Å². The molecule has 1 N–H and O–H groups in total. The fraction of sp³-hybridized carbons (Fsp3) is 0.136. The van der Waals surface area contributed by atoms with Crippen LogP contribution in [0.5, 0.6) is 17.2 Å². The molecule has 1 aliphatic heterocycles. The molecule has 3 aromatic rings. The number of esters is 1. The molecule has 1 aliphatic rings. The lowest BCUT2D eigenvalue weighted by molar-refractivity contribution is -0.113. The Morgan fingerprint density at radius 1 is 1.16 bits per heavy atom. The topological polar surface area (TPSA) is 86.8 Å². The molecule has 2 heterocycles. The summed E-state index contributed by atoms with van der Waals surface area (Å²) in [5, 5.41) is 3.51. The van der Waals surface area contributed by atoms with Gasteiger partial charge in [-0.1, -0.05) is 29.4 Å². The molecular weight excluding hydrogens is 440 g/mol. The predicted molar refractivity (Wildman–Crippen MR) is 117 cm³/mol. The highest BCUT2D eigenvalue weighted by atomic mass is 35.5. The number of thioether (sulfide) groups is 1. The molecule has 31 heavy (non-hydrogen) atoms. The van der Waals surface area contributed by atoms with Crippen molar-refractivity contribution in [3.63, 3.8) is 0 Å². The minimum atomic E-state index is -0.598. The minimum absolute atomic E-state index is 0.0525. The average Bonchev–Trinajstić information content (AvgIpc) is 3.23. The van der Waals surface area contributed by atoms with Crippen molar-refractivity contribution in [1.29, 1.82) is 0 Å². The van der Waals surface area contributed by atoms with Gasteiger partial charge < -0.3 is 19.5 Å². The first-order valence-corrected chi connectivity index (χ1v) is 10.6. The zero-order valence-corrected chi connectivity index (χ0v) is 18.0. The summed E-state index contributed by atoms with van der Waals surface area (Å²) in [5.74, 6) is 0.686. The van der Waals surface area contributed by atoms with Crippen LogP contribution in [0.2, 0.25) is 5.02 Å². The van der Waals surface area contributed by atoms with E-state index in [-0.39, 0.29) is 29.8 Å². The number of ether oxygens (including phenoxy) is 3. The predicted octanol–water partition coefficient (Wildman–Crippen LogP) is 4.72. The van der Waals surface area contributed by atoms with E-state index in [2.05, 4.69) is 10.3 Å². The second-order valence-corrected chi connectivity index (χ2v) is 7.96. The Morgan fingerprint density at radius 3 is 2.87 bits per heavy atom. The van der Waals surface area contributed by atoms with E-state index < -0.39 is 5.97 Å². The van der Waals surface area contributed by atoms with E-state index in [1.807, 2.05) is 13.0 Å². The number of nitrogens with zero attached hydrogens (tertiary/aromatic N) is 1. The lowest BCUT2D eigenvalue weighted by atomic mass is 10.2. The van der Waals surface area contributed by atoms with Crippen molar-refractivity contribution in [2.24, 2.45) is 0 Å². The Balaban J connectivity index is 1.40. The van der Waals surface area contributed by atoms with Crippen molar-refractivity contribution in [2.75, 3.05) is 17.9 Å². The molecule has 0 aliphatic carbocycles. The number of aromatic nitrogens is 1. The quantitative estimate of drug-likeness (QED) is 0.326. The highest BCUT2D eigenvalue weighted by molar-refractivity contribution is 8.00. The fourth-order valence-corrected chi connectivity index (χ4v) is 3.75. The van der Waals surface area contributed by atoms with Crippen molar-refractivity contribution < 1.29 is 23.8 Å². The third-order valence-corrected chi connectivity index (χ3v) is 5.59. The second-order valence-electron chi connectivity index (χ2n) is 6.58. The first-order chi connectivity index (χ1) is 15.0. The molecular formula is C22H17ClN2O5S. The van der Waals surface area contributed by atoms with E-state index in [0.29, 0.717) is 27.2 Å². The number of hydrogen-bond acceptors (Lipinski definition) is 7. The van der Waals surface area contributed by atoms with Gasteiger partial charge in [-0.15, -0.1) is 0 Å². The Labute approximate surface area is 187 Å². The van der Waals surface area contributed by atoms with Crippen LogP contribution in [-0.2, 0) is 4.79 Å². The highest BCUT2D eigenvalue weighted by Crippen LogP contribution is 2.34. The lowest BCUT2D eigenvalue weighted by Crippen LogP contribution is -2.15. The van der Waals surface area contributed by atoms with Crippen LogP contribution in [-0.4, -0.2) is 29.4 Å². The number of halogens is 1. The monoisotopic (exact) mass is 456 g/mol. The van der Waals surface area contributed by atoms with E-state index in [4.69, 9.17) is 25.8 Å². The summed E-state index contributed by atoms with van der Waals surface area (Å²) in [6.07, 6.45) is 1.55. The van der Waals surface area contributed by atoms with E-state index in [9.17, 15) is 9.59 Å². The van der Waals surface area contributed by atoms with Gasteiger partial charge in [0.15, 0.2) is 11.5 Å². The number of carbonyl (C=O) groups excluding carboxylic acids is 2. The van der Waals surface area contributed by atoms with Gasteiger partial charge in [-0.25, -0.2) is 9.78 Å². The lowest BCUT2D eigenvalue weighted by Gasteiger charge is -2.10. The third kappa shape index (κ3) is 5.10. The van der Waals surface area contributed by atoms with Crippen molar-refractivity contribution in [2.45, 2.75) is 11.9 Å². The number of hydrogen-bond donors (Lipinski definition) is 1. The summed E-state index contributed by atoms with van der Waals surface area (Å²) in [4.78, 5) is 29.3. The van der Waals surface area contributed by atoms with Crippen LogP contribution in [0, 0.1) is 6.92 Å². The number of anilines is 1. The molecule has 0 fully saturated rings. The van der Waals surface area contributed by atoms with Crippen LogP contribution in [0.1, 0.15) is 15.9 Å². The number of benzene rings is 2. The van der Waals surface area contributed by atoms with Gasteiger partial charge in [-0.05, 0) is 48.9 Å². The maximum absolute atomic E-state index is 12.7. The van der Waals surface area contributed by atoms with Crippen molar-refractivity contribution in [3.8, 4) is 17.2 Å². The Hall–Kier alpha value is -3.23. The van der Waals surface area contributed by atoms with E-state index in [1.54, 1.807) is 48.7 Å². The molecule has 158 valence electrons. The van der Waals surface area contributed by atoms with Crippen LogP contribution in [0.25, 0.3) is 0 Å². The van der Waals surface area contributed by atoms with Crippen LogP contribution in [0.15, 0.2) is 59.8 Å². The Bertz CT molecular complexity index is 1150. The largest absolute Gasteiger partial charge is 0.454 e. The molecule has 4 rings (SSSR count). The average molecular weight is 457 g/mol. The summed E-state index contributed by atoms with van der Waals surface area (Å²) in [7, 11) is 0. The normalized spacial score (nSPS) is 11.8. The number of pyridine rings is 1. The van der Waals surface area contributed by atoms with Gasteiger partial charge in [-0.2, -0.15) is 0 Å². The maximum Gasteiger partial charge on any atom is 0.346 e. The number of aryl methyl sites for hydroxylation is 1. The first-order valence-electron chi connectivity index (χ1n) is 9.25. The summed E-state index contributed by atoms with van der Waals surface area (Å²) >= 11 is 7.25. The first kappa shape index (κ1) is 21.0. The van der Waals surface area contributed by atoms with Gasteiger partial charge >= 0.3 is 5.97 Å². The zero-order chi connectivity index (χ0) is 21.8. The van der Waals surface area contributed by atoms with Gasteiger partial charge in [0.05, 0.1) is 16.3 Å². The second kappa shape index (κ2) is 9.28. The molecule has 0 spiro atoms. The number of fused-ring (bicyclic) bond motifs is 1. The molecule has 1 amide bonds. The van der Waals surface area contributed by atoms with Gasteiger partial charge in [0.25, 0.3) is 0 Å². The van der Waals surface area contributed by atoms with Gasteiger partial charge in [0.2, 0.25) is 12.7 Å². The van der Waals surface area contributed by atoms with Crippen LogP contribution in [0.4, 0.5) is 5.69 Å². The SMILES string of the molecule is Cc1ccc(Cl)c(OC(=O)c2cccnc2SCC(=O)Nc2ccc3c(c2)OCO3)c1. The Morgan fingerprint density at radius 2 is 2.00 bits per heavy atom. The van der Waals surface area contributed by atoms with E-state index in [1.165, 1.54) is 0 Å². The molecule has 0 unspecified atom stereocenters. The number of rotatable bonds is 6. The molecule has 9 heteroatoms. The summed E-state index contributed by atoms with van der Waals surface area (Å²) < 4.78 is 16.0. The molecule has 0 bridgehead atoms. The van der Waals surface area contributed by atoms with Crippen LogP contribution < -0.4 is 19.5 Å². The van der Waals surface area contributed by atoms with Gasteiger partial charge in [-0.3, -0.25) is 4.79 Å². The minimum Gasteiger partial charge on any atom is -0.454 e. The summed E-state index contributed by atoms with van der Waals surface area (Å²) in [5.41, 5.74) is 1.75. The zero-order valence-electron chi connectivity index (χ0n) is 16.4. The maximum atomic E-state index is 12.7. The summed E-state index contributed by atoms with van der Waals surface area (Å²) in [6, 6.07) is 13.5. The highest BCUT2D eigenvalue weighted by Gasteiger charge is 2.18. The molecule has 2 aromatic carbocycles. The van der Waals surface area contributed by atoms with E-state index in [0.717, 1.165) is 17.3 Å². The fourth-order valence-electron chi connectivity index (χ4n) is 2.81. The van der Waals surface area contributed by atoms with Crippen molar-refractivity contribution in [3.05, 3.63) is 70.9 Å². The van der Waals surface area contributed by atoms with Crippen LogP contribution >= 0.6 is 23.4 Å². The molecule has 1 aromatic heterocycles. The summed E-state index contributed by atoms with van der Waals surface area (Å²) in [6.45, 7) is 2.03. The van der Waals surface area contributed by atoms with Gasteiger partial charge in [0, 0.05) is 18.0 Å². The van der Waals surface area contributed by atoms with Crippen molar-refractivity contribution in [1.82, 2.24) is 4.98 Å². The number of nitrogens with one attached hydrogen (secondary N) is 1. The smallest absolute Gasteiger partial charge is 0.346 e. The molecule has 0 saturated carbocycles. The Kier molecular flexibility index (Phi) is 6.29. The van der Waals surface area contributed by atoms with E-state index >= 15 is 0 Å². The number of carbonyl (C=O) groups is 2. The standard InChI is InChI=1S/C22H17ClN2O5S/c1-13-4-6-16(23)18(9-13)30-22(27)15-3-2-8-24-21(15)31-11-20(26)25-14-5-7-17-19(10-14)29-12-28-17/h2-10H,11-12H2,1H3,(H,25,26).